The largest absolute Gasteiger partial charge is 0.368 e. The Labute approximate surface area is 162 Å². The van der Waals surface area contributed by atoms with Crippen molar-refractivity contribution in [3.63, 3.8) is 0 Å². The third-order valence-electron chi connectivity index (χ3n) is 5.17. The molecule has 0 unspecified atom stereocenters. The van der Waals surface area contributed by atoms with Gasteiger partial charge < -0.3 is 20.4 Å². The van der Waals surface area contributed by atoms with Gasteiger partial charge >= 0.3 is 0 Å². The van der Waals surface area contributed by atoms with Crippen LogP contribution in [0.5, 0.6) is 0 Å². The summed E-state index contributed by atoms with van der Waals surface area (Å²) in [6.45, 7) is 3.49. The molecule has 1 amide bonds. The van der Waals surface area contributed by atoms with Gasteiger partial charge in [-0.1, -0.05) is 6.07 Å². The average molecular weight is 384 g/mol. The Bertz CT molecular complexity index is 944. The van der Waals surface area contributed by atoms with Gasteiger partial charge in [-0.15, -0.1) is 0 Å². The molecule has 7 heteroatoms. The second kappa shape index (κ2) is 7.59. The van der Waals surface area contributed by atoms with Gasteiger partial charge in [0.2, 0.25) is 0 Å². The lowest BCUT2D eigenvalue weighted by Crippen LogP contribution is -2.29. The number of hydrogen-bond donors (Lipinski definition) is 2. The minimum atomic E-state index is -0.475. The van der Waals surface area contributed by atoms with E-state index in [9.17, 15) is 13.6 Å². The maximum atomic E-state index is 14.7. The number of likely N-dealkylation sites (N-methyl/N-ethyl adjacent to an activating group) is 1. The monoisotopic (exact) mass is 384 g/mol. The highest BCUT2D eigenvalue weighted by molar-refractivity contribution is 6.31. The Kier molecular flexibility index (Phi) is 5.00. The topological polar surface area (TPSA) is 47.6 Å². The van der Waals surface area contributed by atoms with Crippen molar-refractivity contribution in [1.82, 2.24) is 4.90 Å². The van der Waals surface area contributed by atoms with Crippen LogP contribution in [-0.2, 0) is 4.79 Å². The minimum absolute atomic E-state index is 0.188. The van der Waals surface area contributed by atoms with Crippen molar-refractivity contribution in [2.24, 2.45) is 0 Å². The van der Waals surface area contributed by atoms with Crippen LogP contribution in [0.1, 0.15) is 12.0 Å². The van der Waals surface area contributed by atoms with Crippen LogP contribution in [0.4, 0.5) is 25.8 Å². The summed E-state index contributed by atoms with van der Waals surface area (Å²) in [5, 5.41) is 5.54. The van der Waals surface area contributed by atoms with Crippen molar-refractivity contribution in [2.45, 2.75) is 6.42 Å². The third kappa shape index (κ3) is 3.57. The Hall–Kier alpha value is -2.93. The van der Waals surface area contributed by atoms with Gasteiger partial charge in [-0.05, 0) is 50.3 Å². The molecule has 0 spiro atoms. The van der Waals surface area contributed by atoms with Crippen LogP contribution < -0.4 is 15.5 Å². The molecular formula is C21H22F2N4O. The molecule has 2 N–H and O–H groups in total. The molecule has 0 aromatic heterocycles. The lowest BCUT2D eigenvalue weighted by molar-refractivity contribution is -0.110. The highest BCUT2D eigenvalue weighted by atomic mass is 19.1. The second-order valence-electron chi connectivity index (χ2n) is 7.13. The van der Waals surface area contributed by atoms with Crippen molar-refractivity contribution in [3.8, 4) is 0 Å². The summed E-state index contributed by atoms with van der Waals surface area (Å²) < 4.78 is 28.8. The fourth-order valence-corrected chi connectivity index (χ4v) is 3.64. The number of nitrogens with zero attached hydrogens (tertiary/aromatic N) is 2. The van der Waals surface area contributed by atoms with Crippen molar-refractivity contribution in [3.05, 3.63) is 59.8 Å². The predicted molar refractivity (Wildman–Crippen MR) is 107 cm³/mol. The Morgan fingerprint density at radius 3 is 2.75 bits per heavy atom. The smallest absolute Gasteiger partial charge is 0.257 e. The van der Waals surface area contributed by atoms with E-state index >= 15 is 0 Å². The number of halogens is 2. The fraction of sp³-hybridized carbons (Fsp3) is 0.286. The third-order valence-corrected chi connectivity index (χ3v) is 5.17. The fourth-order valence-electron chi connectivity index (χ4n) is 3.64. The molecule has 2 aromatic rings. The standard InChI is InChI=1S/C21H22F2N4O/c1-26-8-3-9-27(11-10-26)19-7-6-14(12-17(19)23)24-13-15-20-16(22)4-2-5-18(20)25-21(15)28/h2,4-7,12-13,24H,3,8-11H2,1H3,(H,25,28)/b15-13+. The molecule has 146 valence electrons. The van der Waals surface area contributed by atoms with Crippen molar-refractivity contribution < 1.29 is 13.6 Å². The molecule has 2 aliphatic rings. The Balaban J connectivity index is 1.53. The first-order chi connectivity index (χ1) is 13.5. The first-order valence-electron chi connectivity index (χ1n) is 9.33. The van der Waals surface area contributed by atoms with Gasteiger partial charge in [0.15, 0.2) is 0 Å². The van der Waals surface area contributed by atoms with Crippen LogP contribution in [-0.4, -0.2) is 44.0 Å². The maximum absolute atomic E-state index is 14.7. The highest BCUT2D eigenvalue weighted by Gasteiger charge is 2.27. The number of carbonyl (C=O) groups is 1. The van der Waals surface area contributed by atoms with Gasteiger partial charge in [0.05, 0.1) is 16.9 Å². The number of fused-ring (bicyclic) bond motifs is 1. The number of anilines is 3. The summed E-state index contributed by atoms with van der Waals surface area (Å²) in [6.07, 6.45) is 2.40. The Morgan fingerprint density at radius 1 is 1.07 bits per heavy atom. The molecule has 0 aliphatic carbocycles. The number of rotatable bonds is 3. The number of amides is 1. The molecule has 28 heavy (non-hydrogen) atoms. The van der Waals surface area contributed by atoms with E-state index in [4.69, 9.17) is 0 Å². The number of carbonyl (C=O) groups excluding carboxylic acids is 1. The maximum Gasteiger partial charge on any atom is 0.257 e. The normalized spacial score (nSPS) is 18.8. The molecular weight excluding hydrogens is 362 g/mol. The lowest BCUT2D eigenvalue weighted by atomic mass is 10.1. The molecule has 5 nitrogen and oxygen atoms in total. The zero-order valence-corrected chi connectivity index (χ0v) is 15.6. The van der Waals surface area contributed by atoms with Gasteiger partial charge in [-0.3, -0.25) is 4.79 Å². The highest BCUT2D eigenvalue weighted by Crippen LogP contribution is 2.34. The minimum Gasteiger partial charge on any atom is -0.368 e. The SMILES string of the molecule is CN1CCCN(c2ccc(N/C=C3/C(=O)Nc4cccc(F)c43)cc2F)CC1. The van der Waals surface area contributed by atoms with Gasteiger partial charge in [0.25, 0.3) is 5.91 Å². The van der Waals surface area contributed by atoms with E-state index in [1.54, 1.807) is 24.3 Å². The molecule has 0 atom stereocenters. The summed E-state index contributed by atoms with van der Waals surface area (Å²) in [4.78, 5) is 16.4. The summed E-state index contributed by atoms with van der Waals surface area (Å²) in [6, 6.07) is 9.39. The van der Waals surface area contributed by atoms with E-state index in [1.807, 2.05) is 0 Å². The van der Waals surface area contributed by atoms with Gasteiger partial charge in [0.1, 0.15) is 11.6 Å². The van der Waals surface area contributed by atoms with Crippen LogP contribution in [0.25, 0.3) is 5.57 Å². The number of nitrogens with one attached hydrogen (secondary N) is 2. The van der Waals surface area contributed by atoms with E-state index in [0.717, 1.165) is 32.6 Å². The molecule has 0 saturated carbocycles. The van der Waals surface area contributed by atoms with E-state index in [-0.39, 0.29) is 17.0 Å². The van der Waals surface area contributed by atoms with Crippen molar-refractivity contribution in [1.29, 1.82) is 0 Å². The zero-order chi connectivity index (χ0) is 19.7. The summed E-state index contributed by atoms with van der Waals surface area (Å²) >= 11 is 0. The van der Waals surface area contributed by atoms with Crippen LogP contribution >= 0.6 is 0 Å². The van der Waals surface area contributed by atoms with E-state index in [1.165, 1.54) is 18.3 Å². The van der Waals surface area contributed by atoms with E-state index in [2.05, 4.69) is 27.5 Å². The molecule has 2 heterocycles. The molecule has 1 fully saturated rings. The second-order valence-corrected chi connectivity index (χ2v) is 7.13. The zero-order valence-electron chi connectivity index (χ0n) is 15.6. The first-order valence-corrected chi connectivity index (χ1v) is 9.33. The van der Waals surface area contributed by atoms with E-state index in [0.29, 0.717) is 17.1 Å². The lowest BCUT2D eigenvalue weighted by Gasteiger charge is -2.23. The summed E-state index contributed by atoms with van der Waals surface area (Å²) in [5.41, 5.74) is 1.92. The van der Waals surface area contributed by atoms with E-state index < -0.39 is 11.7 Å². The number of benzene rings is 2. The average Bonchev–Trinajstić information content (AvgIpc) is 2.84. The first kappa shape index (κ1) is 18.4. The molecule has 0 bridgehead atoms. The molecule has 0 radical (unpaired) electrons. The van der Waals surface area contributed by atoms with Crippen molar-refractivity contribution >= 4 is 28.5 Å². The predicted octanol–water partition coefficient (Wildman–Crippen LogP) is 3.51. The summed E-state index contributed by atoms with van der Waals surface area (Å²) in [7, 11) is 2.07. The molecule has 2 aromatic carbocycles. The Morgan fingerprint density at radius 2 is 1.93 bits per heavy atom. The summed E-state index contributed by atoms with van der Waals surface area (Å²) in [5.74, 6) is -1.19. The van der Waals surface area contributed by atoms with Gasteiger partial charge in [-0.25, -0.2) is 8.78 Å². The van der Waals surface area contributed by atoms with Crippen LogP contribution in [0, 0.1) is 11.6 Å². The van der Waals surface area contributed by atoms with Crippen LogP contribution in [0.3, 0.4) is 0 Å². The van der Waals surface area contributed by atoms with Crippen LogP contribution in [0.2, 0.25) is 0 Å². The molecule has 4 rings (SSSR count). The van der Waals surface area contributed by atoms with Gasteiger partial charge in [0, 0.05) is 37.1 Å². The van der Waals surface area contributed by atoms with Crippen molar-refractivity contribution in [2.75, 3.05) is 48.8 Å². The van der Waals surface area contributed by atoms with Crippen LogP contribution in [0.15, 0.2) is 42.6 Å². The quantitative estimate of drug-likeness (QED) is 0.795. The number of hydrogen-bond acceptors (Lipinski definition) is 4. The van der Waals surface area contributed by atoms with Gasteiger partial charge in [-0.2, -0.15) is 0 Å². The molecule has 2 aliphatic heterocycles. The molecule has 1 saturated heterocycles.